The van der Waals surface area contributed by atoms with Crippen molar-refractivity contribution in [2.75, 3.05) is 5.32 Å². The Kier molecular flexibility index (Phi) is 5.33. The molecule has 0 saturated heterocycles. The molecule has 1 atom stereocenters. The Morgan fingerprint density at radius 3 is 2.67 bits per heavy atom. The number of nitrogens with one attached hydrogen (secondary N) is 1. The summed E-state index contributed by atoms with van der Waals surface area (Å²) in [6.07, 6.45) is 2.74. The molecular formula is C16H14Cl2N4OS. The summed E-state index contributed by atoms with van der Waals surface area (Å²) in [6.45, 7) is 0. The van der Waals surface area contributed by atoms with E-state index in [0.717, 1.165) is 16.1 Å². The largest absolute Gasteiger partial charge is 0.378 e. The standard InChI is InChI=1S/C16H14Cl2N4OS/c17-10-1-2-11(18)12(7-10)21-16-22-15(9-3-5-20-6-4-9)13(24-16)8-14(19)23/h1-7,14,23H,8,19H2,(H,21,22). The molecule has 0 radical (unpaired) electrons. The molecule has 0 saturated carbocycles. The van der Waals surface area contributed by atoms with Crippen molar-refractivity contribution < 1.29 is 5.11 Å². The van der Waals surface area contributed by atoms with Gasteiger partial charge in [-0.15, -0.1) is 11.3 Å². The van der Waals surface area contributed by atoms with Gasteiger partial charge in [-0.1, -0.05) is 23.2 Å². The second-order valence-electron chi connectivity index (χ2n) is 5.05. The van der Waals surface area contributed by atoms with Gasteiger partial charge in [0.25, 0.3) is 0 Å². The molecule has 124 valence electrons. The van der Waals surface area contributed by atoms with E-state index in [1.165, 1.54) is 11.3 Å². The number of rotatable bonds is 5. The fourth-order valence-corrected chi connectivity index (χ4v) is 3.56. The molecule has 0 aliphatic carbocycles. The summed E-state index contributed by atoms with van der Waals surface area (Å²) in [4.78, 5) is 9.49. The average Bonchev–Trinajstić information content (AvgIpc) is 2.93. The number of aromatic nitrogens is 2. The van der Waals surface area contributed by atoms with Gasteiger partial charge in [0, 0.05) is 34.3 Å². The number of thiazole rings is 1. The first-order valence-corrected chi connectivity index (χ1v) is 8.66. The van der Waals surface area contributed by atoms with E-state index in [0.29, 0.717) is 27.3 Å². The number of nitrogens with zero attached hydrogens (tertiary/aromatic N) is 2. The van der Waals surface area contributed by atoms with Crippen LogP contribution in [0.25, 0.3) is 11.3 Å². The van der Waals surface area contributed by atoms with Crippen LogP contribution in [0.5, 0.6) is 0 Å². The highest BCUT2D eigenvalue weighted by Gasteiger charge is 2.16. The number of hydrogen-bond acceptors (Lipinski definition) is 6. The number of nitrogens with two attached hydrogens (primary N) is 1. The summed E-state index contributed by atoms with van der Waals surface area (Å²) in [5.74, 6) is 0. The highest BCUT2D eigenvalue weighted by Crippen LogP contribution is 2.35. The molecule has 0 amide bonds. The highest BCUT2D eigenvalue weighted by molar-refractivity contribution is 7.16. The van der Waals surface area contributed by atoms with Crippen LogP contribution >= 0.6 is 34.5 Å². The average molecular weight is 381 g/mol. The van der Waals surface area contributed by atoms with Gasteiger partial charge in [0.1, 0.15) is 6.23 Å². The quantitative estimate of drug-likeness (QED) is 0.580. The Balaban J connectivity index is 1.97. The lowest BCUT2D eigenvalue weighted by atomic mass is 10.1. The minimum absolute atomic E-state index is 0.306. The van der Waals surface area contributed by atoms with Gasteiger partial charge in [0.2, 0.25) is 0 Å². The lowest BCUT2D eigenvalue weighted by Gasteiger charge is -2.05. The SMILES string of the molecule is NC(O)Cc1sc(Nc2cc(Cl)ccc2Cl)nc1-c1ccncc1. The maximum Gasteiger partial charge on any atom is 0.188 e. The molecule has 0 fully saturated rings. The minimum atomic E-state index is -0.950. The Morgan fingerprint density at radius 2 is 1.96 bits per heavy atom. The molecule has 2 aromatic heterocycles. The Morgan fingerprint density at radius 1 is 1.21 bits per heavy atom. The van der Waals surface area contributed by atoms with Crippen LogP contribution in [0.4, 0.5) is 10.8 Å². The molecule has 0 aliphatic heterocycles. The first-order valence-electron chi connectivity index (χ1n) is 7.09. The lowest BCUT2D eigenvalue weighted by molar-refractivity contribution is 0.184. The van der Waals surface area contributed by atoms with Gasteiger partial charge in [-0.3, -0.25) is 4.98 Å². The Hall–Kier alpha value is -1.70. The van der Waals surface area contributed by atoms with Crippen molar-refractivity contribution in [3.8, 4) is 11.3 Å². The van der Waals surface area contributed by atoms with Crippen LogP contribution in [0.15, 0.2) is 42.7 Å². The third-order valence-electron chi connectivity index (χ3n) is 3.22. The van der Waals surface area contributed by atoms with Gasteiger partial charge in [-0.2, -0.15) is 0 Å². The molecule has 0 bridgehead atoms. The number of benzene rings is 1. The zero-order chi connectivity index (χ0) is 17.1. The number of anilines is 2. The van der Waals surface area contributed by atoms with Gasteiger partial charge in [-0.25, -0.2) is 4.98 Å². The van der Waals surface area contributed by atoms with E-state index in [4.69, 9.17) is 28.9 Å². The third kappa shape index (κ3) is 4.03. The Labute approximate surface area is 153 Å². The van der Waals surface area contributed by atoms with Crippen LogP contribution in [0.1, 0.15) is 4.88 Å². The molecule has 3 aromatic rings. The van der Waals surface area contributed by atoms with Gasteiger partial charge in [-0.05, 0) is 30.3 Å². The summed E-state index contributed by atoms with van der Waals surface area (Å²) in [5, 5.41) is 14.5. The monoisotopic (exact) mass is 380 g/mol. The first kappa shape index (κ1) is 17.1. The van der Waals surface area contributed by atoms with E-state index >= 15 is 0 Å². The maximum atomic E-state index is 9.54. The van der Waals surface area contributed by atoms with Crippen LogP contribution in [0.3, 0.4) is 0 Å². The summed E-state index contributed by atoms with van der Waals surface area (Å²) >= 11 is 13.6. The van der Waals surface area contributed by atoms with Crippen LogP contribution in [0, 0.1) is 0 Å². The predicted molar refractivity (Wildman–Crippen MR) is 99.0 cm³/mol. The topological polar surface area (TPSA) is 84.1 Å². The molecule has 2 heterocycles. The number of pyridine rings is 1. The van der Waals surface area contributed by atoms with Crippen molar-refractivity contribution in [2.45, 2.75) is 12.6 Å². The lowest BCUT2D eigenvalue weighted by Crippen LogP contribution is -2.21. The molecule has 3 rings (SSSR count). The number of aliphatic hydroxyl groups excluding tert-OH is 1. The van der Waals surface area contributed by atoms with E-state index in [2.05, 4.69) is 15.3 Å². The van der Waals surface area contributed by atoms with E-state index in [1.807, 2.05) is 12.1 Å². The fraction of sp³-hybridized carbons (Fsp3) is 0.125. The van der Waals surface area contributed by atoms with Gasteiger partial charge in [0.15, 0.2) is 5.13 Å². The van der Waals surface area contributed by atoms with E-state index < -0.39 is 6.23 Å². The predicted octanol–water partition coefficient (Wildman–Crippen LogP) is 4.08. The summed E-state index contributed by atoms with van der Waals surface area (Å²) in [5.41, 5.74) is 7.87. The summed E-state index contributed by atoms with van der Waals surface area (Å²) < 4.78 is 0. The number of halogens is 2. The van der Waals surface area contributed by atoms with Crippen molar-refractivity contribution in [1.82, 2.24) is 9.97 Å². The second kappa shape index (κ2) is 7.46. The molecule has 24 heavy (non-hydrogen) atoms. The zero-order valence-electron chi connectivity index (χ0n) is 12.4. The van der Waals surface area contributed by atoms with Crippen LogP contribution < -0.4 is 11.1 Å². The van der Waals surface area contributed by atoms with Gasteiger partial charge >= 0.3 is 0 Å². The van der Waals surface area contributed by atoms with Crippen molar-refractivity contribution in [3.05, 3.63) is 57.6 Å². The van der Waals surface area contributed by atoms with E-state index in [9.17, 15) is 5.11 Å². The van der Waals surface area contributed by atoms with Crippen LogP contribution in [0.2, 0.25) is 10.0 Å². The molecule has 0 aliphatic rings. The van der Waals surface area contributed by atoms with Gasteiger partial charge in [0.05, 0.1) is 16.4 Å². The molecule has 1 unspecified atom stereocenters. The van der Waals surface area contributed by atoms with E-state index in [1.54, 1.807) is 30.6 Å². The zero-order valence-corrected chi connectivity index (χ0v) is 14.7. The number of hydrogen-bond donors (Lipinski definition) is 3. The normalized spacial score (nSPS) is 12.2. The Bertz CT molecular complexity index is 839. The minimum Gasteiger partial charge on any atom is -0.378 e. The summed E-state index contributed by atoms with van der Waals surface area (Å²) in [7, 11) is 0. The van der Waals surface area contributed by atoms with Crippen molar-refractivity contribution >= 4 is 45.4 Å². The fourth-order valence-electron chi connectivity index (χ4n) is 2.18. The molecule has 8 heteroatoms. The molecule has 4 N–H and O–H groups in total. The molecular weight excluding hydrogens is 367 g/mol. The van der Waals surface area contributed by atoms with Crippen LogP contribution in [-0.4, -0.2) is 21.3 Å². The maximum absolute atomic E-state index is 9.54. The second-order valence-corrected chi connectivity index (χ2v) is 6.97. The smallest absolute Gasteiger partial charge is 0.188 e. The van der Waals surface area contributed by atoms with Crippen molar-refractivity contribution in [1.29, 1.82) is 0 Å². The van der Waals surface area contributed by atoms with E-state index in [-0.39, 0.29) is 0 Å². The molecule has 0 spiro atoms. The first-order chi connectivity index (χ1) is 11.5. The van der Waals surface area contributed by atoms with Crippen LogP contribution in [-0.2, 0) is 6.42 Å². The number of aliphatic hydroxyl groups is 1. The molecule has 1 aromatic carbocycles. The third-order valence-corrected chi connectivity index (χ3v) is 4.77. The molecule has 5 nitrogen and oxygen atoms in total. The highest BCUT2D eigenvalue weighted by atomic mass is 35.5. The van der Waals surface area contributed by atoms with Crippen molar-refractivity contribution in [3.63, 3.8) is 0 Å². The van der Waals surface area contributed by atoms with Crippen molar-refractivity contribution in [2.24, 2.45) is 5.73 Å². The summed E-state index contributed by atoms with van der Waals surface area (Å²) in [6, 6.07) is 8.88. The van der Waals surface area contributed by atoms with Gasteiger partial charge < -0.3 is 16.2 Å².